The van der Waals surface area contributed by atoms with Crippen LogP contribution < -0.4 is 10.6 Å². The van der Waals surface area contributed by atoms with Crippen LogP contribution in [-0.2, 0) is 9.84 Å². The Morgan fingerprint density at radius 1 is 1.52 bits per heavy atom. The van der Waals surface area contributed by atoms with Gasteiger partial charge in [0.1, 0.15) is 10.4 Å². The van der Waals surface area contributed by atoms with Gasteiger partial charge in [0.2, 0.25) is 0 Å². The standard InChI is InChI=1S/C14H20N2O2S3/c1-3-21(17,18)13-9-20-7-6-16(13)12-5-4-10(2)8-11(12)14(15)19/h4-5,8,13H,3,6-7,9H2,1-2H3,(H2,15,19). The van der Waals surface area contributed by atoms with Crippen LogP contribution in [0.2, 0.25) is 0 Å². The Morgan fingerprint density at radius 2 is 2.24 bits per heavy atom. The van der Waals surface area contributed by atoms with E-state index >= 15 is 0 Å². The first-order valence-electron chi connectivity index (χ1n) is 6.83. The number of thioether (sulfide) groups is 1. The fourth-order valence-electron chi connectivity index (χ4n) is 2.44. The highest BCUT2D eigenvalue weighted by atomic mass is 32.2. The van der Waals surface area contributed by atoms with Crippen LogP contribution in [0.3, 0.4) is 0 Å². The van der Waals surface area contributed by atoms with E-state index in [2.05, 4.69) is 0 Å². The Labute approximate surface area is 136 Å². The van der Waals surface area contributed by atoms with Gasteiger partial charge in [0.05, 0.1) is 0 Å². The average Bonchev–Trinajstić information content (AvgIpc) is 2.47. The molecular weight excluding hydrogens is 324 g/mol. The lowest BCUT2D eigenvalue weighted by Gasteiger charge is -2.37. The number of hydrogen-bond donors (Lipinski definition) is 1. The Morgan fingerprint density at radius 3 is 2.86 bits per heavy atom. The van der Waals surface area contributed by atoms with Crippen LogP contribution in [0.1, 0.15) is 18.1 Å². The van der Waals surface area contributed by atoms with Crippen LogP contribution in [0.5, 0.6) is 0 Å². The first-order valence-corrected chi connectivity index (χ1v) is 10.1. The topological polar surface area (TPSA) is 63.4 Å². The maximum atomic E-state index is 12.4. The zero-order chi connectivity index (χ0) is 15.6. The lowest BCUT2D eigenvalue weighted by molar-refractivity contribution is 0.579. The first-order chi connectivity index (χ1) is 9.86. The molecule has 0 saturated carbocycles. The molecule has 0 amide bonds. The zero-order valence-electron chi connectivity index (χ0n) is 12.2. The van der Waals surface area contributed by atoms with Crippen molar-refractivity contribution >= 4 is 44.5 Å². The average molecular weight is 345 g/mol. The van der Waals surface area contributed by atoms with Crippen molar-refractivity contribution in [1.82, 2.24) is 0 Å². The normalized spacial score (nSPS) is 19.5. The summed E-state index contributed by atoms with van der Waals surface area (Å²) in [6.45, 7) is 4.35. The third kappa shape index (κ3) is 3.52. The largest absolute Gasteiger partial charge is 0.389 e. The molecule has 116 valence electrons. The van der Waals surface area contributed by atoms with Gasteiger partial charge in [-0.2, -0.15) is 11.8 Å². The summed E-state index contributed by atoms with van der Waals surface area (Å²) in [6, 6.07) is 5.82. The van der Waals surface area contributed by atoms with E-state index in [1.165, 1.54) is 0 Å². The van der Waals surface area contributed by atoms with Crippen molar-refractivity contribution in [3.8, 4) is 0 Å². The van der Waals surface area contributed by atoms with Crippen molar-refractivity contribution in [2.75, 3.05) is 28.7 Å². The van der Waals surface area contributed by atoms with Gasteiger partial charge in [-0.15, -0.1) is 0 Å². The smallest absolute Gasteiger partial charge is 0.171 e. The lowest BCUT2D eigenvalue weighted by atomic mass is 10.1. The molecule has 2 rings (SSSR count). The number of sulfone groups is 1. The van der Waals surface area contributed by atoms with Crippen molar-refractivity contribution in [1.29, 1.82) is 0 Å². The van der Waals surface area contributed by atoms with E-state index in [4.69, 9.17) is 18.0 Å². The summed E-state index contributed by atoms with van der Waals surface area (Å²) in [5.74, 6) is 1.63. The van der Waals surface area contributed by atoms with Crippen LogP contribution in [0.15, 0.2) is 18.2 Å². The third-order valence-corrected chi connectivity index (χ3v) is 7.14. The maximum absolute atomic E-state index is 12.4. The van der Waals surface area contributed by atoms with Crippen molar-refractivity contribution in [2.45, 2.75) is 19.2 Å². The lowest BCUT2D eigenvalue weighted by Crippen LogP contribution is -2.48. The summed E-state index contributed by atoms with van der Waals surface area (Å²) < 4.78 is 24.7. The number of nitrogens with two attached hydrogens (primary N) is 1. The van der Waals surface area contributed by atoms with Crippen LogP contribution in [0.4, 0.5) is 5.69 Å². The summed E-state index contributed by atoms with van der Waals surface area (Å²) >= 11 is 6.81. The molecule has 1 unspecified atom stereocenters. The summed E-state index contributed by atoms with van der Waals surface area (Å²) in [4.78, 5) is 2.25. The number of nitrogens with zero attached hydrogens (tertiary/aromatic N) is 1. The molecule has 4 nitrogen and oxygen atoms in total. The van der Waals surface area contributed by atoms with Crippen molar-refractivity contribution in [2.24, 2.45) is 5.73 Å². The summed E-state index contributed by atoms with van der Waals surface area (Å²) in [5.41, 5.74) is 8.47. The van der Waals surface area contributed by atoms with Gasteiger partial charge in [0.15, 0.2) is 9.84 Å². The van der Waals surface area contributed by atoms with Gasteiger partial charge < -0.3 is 10.6 Å². The summed E-state index contributed by atoms with van der Waals surface area (Å²) in [6.07, 6.45) is 0. The van der Waals surface area contributed by atoms with E-state index in [1.807, 2.05) is 30.0 Å². The molecule has 1 aliphatic rings. The summed E-state index contributed by atoms with van der Waals surface area (Å²) in [7, 11) is -3.15. The predicted molar refractivity (Wildman–Crippen MR) is 95.0 cm³/mol. The SMILES string of the molecule is CCS(=O)(=O)C1CSCCN1c1ccc(C)cc1C(N)=S. The Balaban J connectivity index is 2.50. The molecule has 1 aromatic carbocycles. The molecule has 7 heteroatoms. The van der Waals surface area contributed by atoms with Crippen LogP contribution in [0.25, 0.3) is 0 Å². The molecule has 1 atom stereocenters. The van der Waals surface area contributed by atoms with Crippen LogP contribution in [-0.4, -0.2) is 42.6 Å². The minimum absolute atomic E-state index is 0.142. The van der Waals surface area contributed by atoms with Gasteiger partial charge in [0, 0.05) is 35.1 Å². The number of anilines is 1. The number of hydrogen-bond acceptors (Lipinski definition) is 5. The predicted octanol–water partition coefficient (Wildman–Crippen LogP) is 1.94. The molecular formula is C14H20N2O2S3. The van der Waals surface area contributed by atoms with E-state index < -0.39 is 15.2 Å². The molecule has 1 fully saturated rings. The van der Waals surface area contributed by atoms with E-state index in [0.717, 1.165) is 22.6 Å². The highest BCUT2D eigenvalue weighted by Gasteiger charge is 2.34. The number of aryl methyl sites for hydroxylation is 1. The highest BCUT2D eigenvalue weighted by Crippen LogP contribution is 2.30. The summed E-state index contributed by atoms with van der Waals surface area (Å²) in [5, 5.41) is -0.503. The van der Waals surface area contributed by atoms with Crippen molar-refractivity contribution in [3.63, 3.8) is 0 Å². The van der Waals surface area contributed by atoms with Crippen molar-refractivity contribution in [3.05, 3.63) is 29.3 Å². The van der Waals surface area contributed by atoms with Crippen molar-refractivity contribution < 1.29 is 8.42 Å². The molecule has 21 heavy (non-hydrogen) atoms. The second-order valence-corrected chi connectivity index (χ2v) is 9.10. The Kier molecular flexibility index (Phi) is 5.16. The van der Waals surface area contributed by atoms with E-state index in [9.17, 15) is 8.42 Å². The third-order valence-electron chi connectivity index (χ3n) is 3.63. The van der Waals surface area contributed by atoms with Crippen LogP contribution >= 0.6 is 24.0 Å². The Bertz CT molecular complexity index is 644. The fraction of sp³-hybridized carbons (Fsp3) is 0.500. The minimum Gasteiger partial charge on any atom is -0.389 e. The number of benzene rings is 1. The van der Waals surface area contributed by atoms with Gasteiger partial charge in [-0.25, -0.2) is 8.42 Å². The fourth-order valence-corrected chi connectivity index (χ4v) is 5.59. The van der Waals surface area contributed by atoms with E-state index in [1.54, 1.807) is 18.7 Å². The molecule has 2 N–H and O–H groups in total. The second-order valence-electron chi connectivity index (χ2n) is 5.06. The minimum atomic E-state index is -3.15. The van der Waals surface area contributed by atoms with E-state index in [0.29, 0.717) is 17.3 Å². The molecule has 0 bridgehead atoms. The molecule has 1 saturated heterocycles. The van der Waals surface area contributed by atoms with Gasteiger partial charge in [0.25, 0.3) is 0 Å². The molecule has 0 spiro atoms. The number of rotatable bonds is 4. The number of thiocarbonyl (C=S) groups is 1. The molecule has 0 aromatic heterocycles. The van der Waals surface area contributed by atoms with Crippen LogP contribution in [0, 0.1) is 6.92 Å². The zero-order valence-corrected chi connectivity index (χ0v) is 14.7. The highest BCUT2D eigenvalue weighted by molar-refractivity contribution is 8.01. The van der Waals surface area contributed by atoms with Gasteiger partial charge in [-0.3, -0.25) is 0 Å². The molecule has 1 aromatic rings. The first kappa shape index (κ1) is 16.6. The van der Waals surface area contributed by atoms with Gasteiger partial charge in [-0.1, -0.05) is 30.8 Å². The Hall–Kier alpha value is -0.790. The second kappa shape index (κ2) is 6.54. The molecule has 0 aliphatic carbocycles. The quantitative estimate of drug-likeness (QED) is 0.842. The molecule has 0 radical (unpaired) electrons. The van der Waals surface area contributed by atoms with Gasteiger partial charge >= 0.3 is 0 Å². The maximum Gasteiger partial charge on any atom is 0.171 e. The molecule has 1 aliphatic heterocycles. The van der Waals surface area contributed by atoms with Gasteiger partial charge in [-0.05, 0) is 19.1 Å². The molecule has 1 heterocycles. The monoisotopic (exact) mass is 344 g/mol. The van der Waals surface area contributed by atoms with E-state index in [-0.39, 0.29) is 5.75 Å².